The molecule has 2 atom stereocenters. The third-order valence-electron chi connectivity index (χ3n) is 5.04. The van der Waals surface area contributed by atoms with Crippen molar-refractivity contribution in [1.82, 2.24) is 0 Å². The lowest BCUT2D eigenvalue weighted by Gasteiger charge is -2.25. The molecule has 1 aromatic carbocycles. The highest BCUT2D eigenvalue weighted by Crippen LogP contribution is 2.66. The van der Waals surface area contributed by atoms with Gasteiger partial charge in [-0.15, -0.1) is 0 Å². The molecule has 0 amide bonds. The molecule has 2 heterocycles. The lowest BCUT2D eigenvalue weighted by atomic mass is 10.0. The lowest BCUT2D eigenvalue weighted by molar-refractivity contribution is -0.137. The van der Waals surface area contributed by atoms with Crippen LogP contribution in [0.5, 0.6) is 0 Å². The van der Waals surface area contributed by atoms with E-state index in [0.29, 0.717) is 10.9 Å². The second-order valence-electron chi connectivity index (χ2n) is 6.43. The first-order chi connectivity index (χ1) is 9.81. The lowest BCUT2D eigenvalue weighted by Crippen LogP contribution is -2.20. The summed E-state index contributed by atoms with van der Waals surface area (Å²) in [7, 11) is -2.70. The van der Waals surface area contributed by atoms with Gasteiger partial charge in [0, 0.05) is 16.6 Å². The van der Waals surface area contributed by atoms with E-state index in [4.69, 9.17) is 0 Å². The summed E-state index contributed by atoms with van der Waals surface area (Å²) in [6.45, 7) is 1.66. The Kier molecular flexibility index (Phi) is 3.72. The SMILES string of the molecule is Cc1cc(C(F)(F)F)cc(P2(=O)C3CCCCC2CC3)c1. The van der Waals surface area contributed by atoms with Gasteiger partial charge < -0.3 is 4.57 Å². The van der Waals surface area contributed by atoms with E-state index in [1.807, 2.05) is 0 Å². The van der Waals surface area contributed by atoms with Crippen LogP contribution in [0.25, 0.3) is 0 Å². The zero-order chi connectivity index (χ0) is 15.3. The molecule has 5 heteroatoms. The number of alkyl halides is 3. The molecule has 116 valence electrons. The molecule has 0 aliphatic carbocycles. The van der Waals surface area contributed by atoms with E-state index < -0.39 is 18.9 Å². The van der Waals surface area contributed by atoms with Gasteiger partial charge in [0.1, 0.15) is 7.14 Å². The molecule has 2 aliphatic rings. The maximum atomic E-state index is 13.6. The number of hydrogen-bond acceptors (Lipinski definition) is 1. The quantitative estimate of drug-likeness (QED) is 0.658. The molecule has 0 saturated carbocycles. The highest BCUT2D eigenvalue weighted by atomic mass is 31.2. The van der Waals surface area contributed by atoms with E-state index in [1.54, 1.807) is 13.0 Å². The highest BCUT2D eigenvalue weighted by Gasteiger charge is 2.48. The molecular weight excluding hydrogens is 296 g/mol. The fraction of sp³-hybridized carbons (Fsp3) is 0.625. The smallest absolute Gasteiger partial charge is 0.318 e. The van der Waals surface area contributed by atoms with Crippen LogP contribution in [0.15, 0.2) is 18.2 Å². The van der Waals surface area contributed by atoms with Gasteiger partial charge in [0.15, 0.2) is 0 Å². The van der Waals surface area contributed by atoms with Crippen molar-refractivity contribution in [2.24, 2.45) is 0 Å². The molecule has 1 aromatic rings. The van der Waals surface area contributed by atoms with Crippen molar-refractivity contribution in [3.8, 4) is 0 Å². The van der Waals surface area contributed by atoms with Gasteiger partial charge in [0.2, 0.25) is 0 Å². The van der Waals surface area contributed by atoms with Crippen molar-refractivity contribution in [3.63, 3.8) is 0 Å². The molecule has 0 radical (unpaired) electrons. The standard InChI is InChI=1S/C16H20F3OP/c1-11-8-12(16(17,18)19)10-15(9-11)21(20)13-4-2-3-5-14(21)7-6-13/h8-10,13-14H,2-7H2,1H3. The van der Waals surface area contributed by atoms with Gasteiger partial charge in [0.05, 0.1) is 5.56 Å². The average molecular weight is 316 g/mol. The second kappa shape index (κ2) is 5.15. The fourth-order valence-electron chi connectivity index (χ4n) is 4.05. The van der Waals surface area contributed by atoms with Crippen LogP contribution < -0.4 is 5.30 Å². The van der Waals surface area contributed by atoms with E-state index in [2.05, 4.69) is 0 Å². The van der Waals surface area contributed by atoms with Gasteiger partial charge >= 0.3 is 6.18 Å². The fourth-order valence-corrected chi connectivity index (χ4v) is 8.43. The highest BCUT2D eigenvalue weighted by molar-refractivity contribution is 7.73. The molecule has 3 rings (SSSR count). The average Bonchev–Trinajstić information content (AvgIpc) is 2.57. The van der Waals surface area contributed by atoms with Crippen LogP contribution in [-0.2, 0) is 10.7 Å². The molecule has 2 unspecified atom stereocenters. The van der Waals surface area contributed by atoms with E-state index in [-0.39, 0.29) is 11.3 Å². The summed E-state index contributed by atoms with van der Waals surface area (Å²) in [4.78, 5) is 0. The van der Waals surface area contributed by atoms with E-state index in [9.17, 15) is 17.7 Å². The number of hydrogen-bond donors (Lipinski definition) is 0. The first-order valence-electron chi connectivity index (χ1n) is 7.60. The van der Waals surface area contributed by atoms with Crippen LogP contribution >= 0.6 is 7.14 Å². The molecule has 2 bridgehead atoms. The van der Waals surface area contributed by atoms with Gasteiger partial charge in [-0.1, -0.05) is 12.8 Å². The van der Waals surface area contributed by atoms with E-state index in [0.717, 1.165) is 50.7 Å². The van der Waals surface area contributed by atoms with Crippen LogP contribution in [0.4, 0.5) is 13.2 Å². The zero-order valence-corrected chi connectivity index (χ0v) is 13.0. The van der Waals surface area contributed by atoms with E-state index in [1.165, 1.54) is 0 Å². The van der Waals surface area contributed by atoms with Crippen LogP contribution in [0, 0.1) is 6.92 Å². The normalized spacial score (nSPS) is 33.0. The van der Waals surface area contributed by atoms with Crippen molar-refractivity contribution < 1.29 is 17.7 Å². The first kappa shape index (κ1) is 15.1. The molecule has 2 fully saturated rings. The maximum absolute atomic E-state index is 13.6. The van der Waals surface area contributed by atoms with Gasteiger partial charge in [-0.3, -0.25) is 0 Å². The summed E-state index contributed by atoms with van der Waals surface area (Å²) in [5.74, 6) is 0. The Hall–Kier alpha value is -0.760. The summed E-state index contributed by atoms with van der Waals surface area (Å²) in [5, 5.41) is 0.476. The zero-order valence-electron chi connectivity index (χ0n) is 12.1. The number of aryl methyl sites for hydroxylation is 1. The first-order valence-corrected chi connectivity index (χ1v) is 9.45. The van der Waals surface area contributed by atoms with Crippen molar-refractivity contribution >= 4 is 12.4 Å². The molecule has 2 aliphatic heterocycles. The minimum atomic E-state index is -4.37. The van der Waals surface area contributed by atoms with Gasteiger partial charge in [-0.2, -0.15) is 13.2 Å². The second-order valence-corrected chi connectivity index (χ2v) is 9.83. The minimum Gasteiger partial charge on any atom is -0.318 e. The number of halogens is 3. The van der Waals surface area contributed by atoms with E-state index >= 15 is 0 Å². The molecule has 0 N–H and O–H groups in total. The summed E-state index contributed by atoms with van der Waals surface area (Å²) >= 11 is 0. The van der Waals surface area contributed by atoms with Gasteiger partial charge in [0.25, 0.3) is 0 Å². The Labute approximate surface area is 123 Å². The Morgan fingerprint density at radius 2 is 1.57 bits per heavy atom. The van der Waals surface area contributed by atoms with Crippen LogP contribution in [-0.4, -0.2) is 11.3 Å². The third kappa shape index (κ3) is 2.56. The number of benzene rings is 1. The Bertz CT molecular complexity index is 576. The summed E-state index contributed by atoms with van der Waals surface area (Å²) in [6.07, 6.45) is 1.39. The Morgan fingerprint density at radius 3 is 2.10 bits per heavy atom. The van der Waals surface area contributed by atoms with Gasteiger partial charge in [-0.05, 0) is 56.4 Å². The van der Waals surface area contributed by atoms with Crippen molar-refractivity contribution in [3.05, 3.63) is 29.3 Å². The predicted molar refractivity (Wildman–Crippen MR) is 78.7 cm³/mol. The predicted octanol–water partition coefficient (Wildman–Crippen LogP) is 5.11. The number of fused-ring (bicyclic) bond motifs is 2. The number of rotatable bonds is 1. The summed E-state index contributed by atoms with van der Waals surface area (Å²) in [6, 6.07) is 4.03. The monoisotopic (exact) mass is 316 g/mol. The maximum Gasteiger partial charge on any atom is 0.416 e. The van der Waals surface area contributed by atoms with Crippen molar-refractivity contribution in [2.75, 3.05) is 0 Å². The minimum absolute atomic E-state index is 0.105. The largest absolute Gasteiger partial charge is 0.416 e. The summed E-state index contributed by atoms with van der Waals surface area (Å²) in [5.41, 5.74) is 0.107. The summed E-state index contributed by atoms with van der Waals surface area (Å²) < 4.78 is 52.8. The van der Waals surface area contributed by atoms with Crippen LogP contribution in [0.3, 0.4) is 0 Å². The Morgan fingerprint density at radius 1 is 1.00 bits per heavy atom. The molecule has 2 saturated heterocycles. The van der Waals surface area contributed by atoms with Crippen molar-refractivity contribution in [1.29, 1.82) is 0 Å². The van der Waals surface area contributed by atoms with Gasteiger partial charge in [-0.25, -0.2) is 0 Å². The molecule has 1 nitrogen and oxygen atoms in total. The molecule has 0 aromatic heterocycles. The molecule has 21 heavy (non-hydrogen) atoms. The molecule has 0 spiro atoms. The van der Waals surface area contributed by atoms with Crippen molar-refractivity contribution in [2.45, 2.75) is 62.9 Å². The molecular formula is C16H20F3OP. The topological polar surface area (TPSA) is 17.1 Å². The van der Waals surface area contributed by atoms with Crippen LogP contribution in [0.2, 0.25) is 0 Å². The third-order valence-corrected chi connectivity index (χ3v) is 9.30. The van der Waals surface area contributed by atoms with Crippen LogP contribution in [0.1, 0.15) is 49.7 Å². The Balaban J connectivity index is 2.11.